The second-order valence-corrected chi connectivity index (χ2v) is 15.5. The van der Waals surface area contributed by atoms with Crippen LogP contribution in [0.25, 0.3) is 22.6 Å². The van der Waals surface area contributed by atoms with E-state index in [1.807, 2.05) is 19.2 Å². The van der Waals surface area contributed by atoms with Gasteiger partial charge in [-0.05, 0) is 58.6 Å². The Kier molecular flexibility index (Phi) is 7.96. The Morgan fingerprint density at radius 3 is 2.56 bits per heavy atom. The Bertz CT molecular complexity index is 1770. The highest BCUT2D eigenvalue weighted by atomic mass is 32.2. The minimum absolute atomic E-state index is 0.212. The molecule has 13 nitrogen and oxygen atoms in total. The first-order valence-corrected chi connectivity index (χ1v) is 17.8. The van der Waals surface area contributed by atoms with Crippen LogP contribution in [0.3, 0.4) is 0 Å². The van der Waals surface area contributed by atoms with E-state index in [0.29, 0.717) is 35.9 Å². The molecule has 5 heterocycles. The van der Waals surface area contributed by atoms with Crippen molar-refractivity contribution < 1.29 is 13.5 Å². The smallest absolute Gasteiger partial charge is 0.256 e. The molecule has 1 saturated heterocycles. The highest BCUT2D eigenvalue weighted by Crippen LogP contribution is 2.37. The normalized spacial score (nSPS) is 22.8. The molecule has 0 amide bonds. The summed E-state index contributed by atoms with van der Waals surface area (Å²) in [5.74, 6) is 1.47. The average Bonchev–Trinajstić information content (AvgIpc) is 3.57. The number of hydrogen-bond acceptors (Lipinski definition) is 13. The Morgan fingerprint density at radius 2 is 1.80 bits per heavy atom. The van der Waals surface area contributed by atoms with Crippen LogP contribution < -0.4 is 15.5 Å². The summed E-state index contributed by atoms with van der Waals surface area (Å²) in [5.41, 5.74) is 2.60. The van der Waals surface area contributed by atoms with E-state index in [1.54, 1.807) is 23.6 Å². The molecule has 45 heavy (non-hydrogen) atoms. The number of anilines is 4. The Balaban J connectivity index is 1.14. The van der Waals surface area contributed by atoms with Gasteiger partial charge >= 0.3 is 0 Å². The molecule has 0 aromatic carbocycles. The maximum atomic E-state index is 12.6. The maximum Gasteiger partial charge on any atom is 0.256 e. The third kappa shape index (κ3) is 6.66. The van der Waals surface area contributed by atoms with E-state index in [-0.39, 0.29) is 11.3 Å². The van der Waals surface area contributed by atoms with Gasteiger partial charge in [-0.2, -0.15) is 9.19 Å². The molecule has 0 unspecified atom stereocenters. The van der Waals surface area contributed by atoms with Crippen LogP contribution in [0.5, 0.6) is 0 Å². The predicted molar refractivity (Wildman–Crippen MR) is 175 cm³/mol. The van der Waals surface area contributed by atoms with Crippen LogP contribution >= 0.6 is 11.3 Å². The van der Waals surface area contributed by atoms with E-state index in [4.69, 9.17) is 9.97 Å². The van der Waals surface area contributed by atoms with Gasteiger partial charge in [0.05, 0.1) is 34.5 Å². The zero-order chi connectivity index (χ0) is 31.2. The lowest BCUT2D eigenvalue weighted by Gasteiger charge is -2.34. The fraction of sp³-hybridized carbons (Fsp3) is 0.500. The molecule has 3 N–H and O–H groups in total. The summed E-state index contributed by atoms with van der Waals surface area (Å²) in [5, 5.41) is 24.3. The van der Waals surface area contributed by atoms with Crippen molar-refractivity contribution in [3.63, 3.8) is 0 Å². The number of nitrogens with zero attached hydrogens (tertiary/aromatic N) is 8. The van der Waals surface area contributed by atoms with Gasteiger partial charge in [0, 0.05) is 67.3 Å². The number of aliphatic hydroxyl groups is 1. The molecule has 4 aromatic heterocycles. The molecule has 0 spiro atoms. The molecule has 1 aliphatic heterocycles. The van der Waals surface area contributed by atoms with Crippen LogP contribution in [-0.4, -0.2) is 97.7 Å². The van der Waals surface area contributed by atoms with Crippen molar-refractivity contribution in [2.45, 2.75) is 62.3 Å². The van der Waals surface area contributed by atoms with E-state index >= 15 is 0 Å². The van der Waals surface area contributed by atoms with E-state index in [0.717, 1.165) is 78.0 Å². The zero-order valence-corrected chi connectivity index (χ0v) is 27.1. The van der Waals surface area contributed by atoms with E-state index in [2.05, 4.69) is 47.9 Å². The summed E-state index contributed by atoms with van der Waals surface area (Å²) in [6.07, 6.45) is 10.9. The molecule has 3 aliphatic rings. The van der Waals surface area contributed by atoms with Crippen LogP contribution in [-0.2, 0) is 10.0 Å². The lowest BCUT2D eigenvalue weighted by Crippen LogP contribution is -2.44. The molecule has 2 aliphatic carbocycles. The molecule has 0 radical (unpaired) electrons. The minimum Gasteiger partial charge on any atom is -0.390 e. The van der Waals surface area contributed by atoms with Crippen molar-refractivity contribution in [1.29, 1.82) is 0 Å². The van der Waals surface area contributed by atoms with Gasteiger partial charge in [-0.15, -0.1) is 11.3 Å². The molecular weight excluding hydrogens is 613 g/mol. The Labute approximate surface area is 266 Å². The number of aromatic nitrogens is 6. The molecule has 0 atom stereocenters. The lowest BCUT2D eigenvalue weighted by atomic mass is 9.83. The monoisotopic (exact) mass is 650 g/mol. The van der Waals surface area contributed by atoms with Crippen molar-refractivity contribution in [2.24, 2.45) is 0 Å². The van der Waals surface area contributed by atoms with Gasteiger partial charge in [0.2, 0.25) is 0 Å². The van der Waals surface area contributed by atoms with Gasteiger partial charge in [0.15, 0.2) is 11.0 Å². The lowest BCUT2D eigenvalue weighted by molar-refractivity contribution is 0.0196. The SMILES string of the molecule is CN1CCN(c2nc(-c3cnc(Nc4ccnc(-c5cnn(S(=O)(=O)C6CC6)c5)n4)cc3NC3CCC(C)(O)CC3)cs2)CC1. The first kappa shape index (κ1) is 30.0. The molecule has 4 aromatic rings. The van der Waals surface area contributed by atoms with Gasteiger partial charge in [-0.3, -0.25) is 0 Å². The van der Waals surface area contributed by atoms with Gasteiger partial charge in [0.1, 0.15) is 11.6 Å². The second-order valence-electron chi connectivity index (χ2n) is 12.6. The third-order valence-corrected chi connectivity index (χ3v) is 11.7. The molecule has 7 rings (SSSR count). The van der Waals surface area contributed by atoms with Crippen LogP contribution in [0, 0.1) is 0 Å². The van der Waals surface area contributed by atoms with Gasteiger partial charge in [-0.25, -0.2) is 28.4 Å². The van der Waals surface area contributed by atoms with Crippen molar-refractivity contribution in [3.8, 4) is 22.6 Å². The fourth-order valence-electron chi connectivity index (χ4n) is 5.76. The number of hydrogen-bond donors (Lipinski definition) is 3. The summed E-state index contributed by atoms with van der Waals surface area (Å²) < 4.78 is 26.2. The number of pyridine rings is 1. The van der Waals surface area contributed by atoms with Crippen LogP contribution in [0.1, 0.15) is 45.4 Å². The molecule has 2 saturated carbocycles. The van der Waals surface area contributed by atoms with Crippen molar-refractivity contribution in [3.05, 3.63) is 42.3 Å². The van der Waals surface area contributed by atoms with Gasteiger partial charge < -0.3 is 25.5 Å². The van der Waals surface area contributed by atoms with Gasteiger partial charge in [0.25, 0.3) is 10.0 Å². The topological polar surface area (TPSA) is 154 Å². The molecule has 3 fully saturated rings. The summed E-state index contributed by atoms with van der Waals surface area (Å²) in [4.78, 5) is 23.4. The predicted octanol–water partition coefficient (Wildman–Crippen LogP) is 3.80. The summed E-state index contributed by atoms with van der Waals surface area (Å²) >= 11 is 1.65. The quantitative estimate of drug-likeness (QED) is 0.241. The number of thiazole rings is 1. The summed E-state index contributed by atoms with van der Waals surface area (Å²) in [6, 6.07) is 3.92. The van der Waals surface area contributed by atoms with E-state index < -0.39 is 15.6 Å². The van der Waals surface area contributed by atoms with Crippen molar-refractivity contribution in [2.75, 3.05) is 48.8 Å². The number of nitrogens with one attached hydrogen (secondary N) is 2. The van der Waals surface area contributed by atoms with Crippen LogP contribution in [0.4, 0.5) is 22.5 Å². The first-order chi connectivity index (χ1) is 21.6. The number of likely N-dealkylation sites (N-methyl/N-ethyl adjacent to an activating group) is 1. The second kappa shape index (κ2) is 11.9. The summed E-state index contributed by atoms with van der Waals surface area (Å²) in [6.45, 7) is 5.85. The van der Waals surface area contributed by atoms with E-state index in [1.165, 1.54) is 12.4 Å². The van der Waals surface area contributed by atoms with E-state index in [9.17, 15) is 13.5 Å². The molecule has 0 bridgehead atoms. The van der Waals surface area contributed by atoms with Crippen LogP contribution in [0.2, 0.25) is 0 Å². The Morgan fingerprint density at radius 1 is 1.02 bits per heavy atom. The highest BCUT2D eigenvalue weighted by molar-refractivity contribution is 7.90. The van der Waals surface area contributed by atoms with Gasteiger partial charge in [-0.1, -0.05) is 0 Å². The first-order valence-electron chi connectivity index (χ1n) is 15.4. The maximum absolute atomic E-state index is 12.6. The number of rotatable bonds is 9. The molecular formula is C30H38N10O3S2. The van der Waals surface area contributed by atoms with Crippen molar-refractivity contribution >= 4 is 43.8 Å². The summed E-state index contributed by atoms with van der Waals surface area (Å²) in [7, 11) is -1.33. The minimum atomic E-state index is -3.47. The average molecular weight is 651 g/mol. The zero-order valence-electron chi connectivity index (χ0n) is 25.4. The Hall–Kier alpha value is -3.66. The van der Waals surface area contributed by atoms with Crippen LogP contribution in [0.15, 0.2) is 42.3 Å². The number of piperazine rings is 1. The largest absolute Gasteiger partial charge is 0.390 e. The fourth-order valence-corrected chi connectivity index (χ4v) is 8.11. The highest BCUT2D eigenvalue weighted by Gasteiger charge is 2.37. The molecule has 238 valence electrons. The third-order valence-electron chi connectivity index (χ3n) is 8.80. The van der Waals surface area contributed by atoms with Crippen molar-refractivity contribution in [1.82, 2.24) is 34.0 Å². The molecule has 15 heteroatoms. The standard InChI is InChI=1S/C30H38N10O3S2/c1-30(41)8-5-21(6-9-30)34-24-15-27(32-17-23(24)25-19-44-29(35-25)39-13-11-38(2)12-14-39)36-26-7-10-31-28(37-26)20-16-33-40(18-20)45(42,43)22-3-4-22/h7,10,15-19,21-22,41H,3-6,8-9,11-14H2,1-2H3,(H2,31,32,34,36,37).